The highest BCUT2D eigenvalue weighted by atomic mass is 16.2. The third kappa shape index (κ3) is 2.67. The highest BCUT2D eigenvalue weighted by Gasteiger charge is 2.19. The quantitative estimate of drug-likeness (QED) is 0.786. The Balaban J connectivity index is 1.86. The highest BCUT2D eigenvalue weighted by Crippen LogP contribution is 2.16. The van der Waals surface area contributed by atoms with E-state index >= 15 is 0 Å². The normalized spacial score (nSPS) is 12.6. The minimum absolute atomic E-state index is 0.111. The van der Waals surface area contributed by atoms with E-state index in [1.54, 1.807) is 15.4 Å². The lowest BCUT2D eigenvalue weighted by molar-refractivity contribution is 0.0929. The lowest BCUT2D eigenvalue weighted by Crippen LogP contribution is -2.28. The van der Waals surface area contributed by atoms with Crippen molar-refractivity contribution in [1.29, 1.82) is 0 Å². The third-order valence-corrected chi connectivity index (χ3v) is 3.91. The SMILES string of the molecule is Cc1cc(C)n2nc(C(=O)N[C@H](C)c3cnn(C)c3C)nc2n1. The molecule has 3 aromatic rings. The molecule has 0 fully saturated rings. The summed E-state index contributed by atoms with van der Waals surface area (Å²) in [5, 5.41) is 11.3. The van der Waals surface area contributed by atoms with Crippen LogP contribution in [0.25, 0.3) is 5.78 Å². The Hall–Kier alpha value is -2.77. The zero-order valence-electron chi connectivity index (χ0n) is 13.8. The van der Waals surface area contributed by atoms with Crippen molar-refractivity contribution in [1.82, 2.24) is 34.7 Å². The van der Waals surface area contributed by atoms with E-state index < -0.39 is 0 Å². The molecule has 3 rings (SSSR count). The van der Waals surface area contributed by atoms with Crippen molar-refractivity contribution in [3.63, 3.8) is 0 Å². The van der Waals surface area contributed by atoms with E-state index in [9.17, 15) is 4.79 Å². The zero-order chi connectivity index (χ0) is 16.7. The van der Waals surface area contributed by atoms with Crippen LogP contribution < -0.4 is 5.32 Å². The molecule has 1 amide bonds. The Morgan fingerprint density at radius 3 is 2.65 bits per heavy atom. The van der Waals surface area contributed by atoms with E-state index in [0.717, 1.165) is 22.6 Å². The van der Waals surface area contributed by atoms with Crippen molar-refractivity contribution in [2.24, 2.45) is 7.05 Å². The molecule has 3 aromatic heterocycles. The van der Waals surface area contributed by atoms with E-state index in [1.807, 2.05) is 40.8 Å². The molecule has 0 bridgehead atoms. The molecular weight excluding hydrogens is 294 g/mol. The number of hydrogen-bond donors (Lipinski definition) is 1. The number of amides is 1. The van der Waals surface area contributed by atoms with E-state index in [1.165, 1.54) is 0 Å². The van der Waals surface area contributed by atoms with Crippen molar-refractivity contribution in [2.45, 2.75) is 33.7 Å². The molecule has 0 aliphatic rings. The second-order valence-corrected chi connectivity index (χ2v) is 5.69. The van der Waals surface area contributed by atoms with Crippen molar-refractivity contribution in [2.75, 3.05) is 0 Å². The van der Waals surface area contributed by atoms with Gasteiger partial charge in [0.1, 0.15) is 0 Å². The first-order valence-corrected chi connectivity index (χ1v) is 7.37. The first-order valence-electron chi connectivity index (χ1n) is 7.37. The molecule has 0 aromatic carbocycles. The van der Waals surface area contributed by atoms with Crippen LogP contribution in [-0.2, 0) is 7.05 Å². The summed E-state index contributed by atoms with van der Waals surface area (Å²) < 4.78 is 3.35. The molecule has 0 saturated heterocycles. The summed E-state index contributed by atoms with van der Waals surface area (Å²) in [6.45, 7) is 7.66. The second-order valence-electron chi connectivity index (χ2n) is 5.69. The molecule has 0 spiro atoms. The van der Waals surface area contributed by atoms with Gasteiger partial charge in [-0.3, -0.25) is 9.48 Å². The third-order valence-electron chi connectivity index (χ3n) is 3.91. The van der Waals surface area contributed by atoms with Gasteiger partial charge in [-0.05, 0) is 33.8 Å². The Kier molecular flexibility index (Phi) is 3.59. The first-order chi connectivity index (χ1) is 10.9. The van der Waals surface area contributed by atoms with Gasteiger partial charge in [-0.15, -0.1) is 5.10 Å². The Bertz CT molecular complexity index is 893. The van der Waals surface area contributed by atoms with Gasteiger partial charge in [0.25, 0.3) is 11.7 Å². The summed E-state index contributed by atoms with van der Waals surface area (Å²) in [5.74, 6) is 0.209. The lowest BCUT2D eigenvalue weighted by Gasteiger charge is -2.12. The molecule has 0 aliphatic carbocycles. The van der Waals surface area contributed by atoms with Crippen molar-refractivity contribution in [3.8, 4) is 0 Å². The number of hydrogen-bond acceptors (Lipinski definition) is 5. The molecule has 8 nitrogen and oxygen atoms in total. The second kappa shape index (κ2) is 5.45. The number of aromatic nitrogens is 6. The summed E-state index contributed by atoms with van der Waals surface area (Å²) in [7, 11) is 1.87. The van der Waals surface area contributed by atoms with Gasteiger partial charge in [-0.25, -0.2) is 9.50 Å². The predicted molar refractivity (Wildman–Crippen MR) is 84.1 cm³/mol. The molecule has 8 heteroatoms. The molecule has 1 atom stereocenters. The monoisotopic (exact) mass is 313 g/mol. The highest BCUT2D eigenvalue weighted by molar-refractivity contribution is 5.91. The number of nitrogens with one attached hydrogen (secondary N) is 1. The molecule has 0 aliphatic heterocycles. The van der Waals surface area contributed by atoms with Crippen LogP contribution in [-0.4, -0.2) is 35.3 Å². The largest absolute Gasteiger partial charge is 0.343 e. The van der Waals surface area contributed by atoms with Crippen LogP contribution in [0.4, 0.5) is 0 Å². The maximum Gasteiger partial charge on any atom is 0.291 e. The molecule has 0 unspecified atom stereocenters. The summed E-state index contributed by atoms with van der Waals surface area (Å²) in [4.78, 5) is 20.9. The van der Waals surface area contributed by atoms with Crippen LogP contribution in [0.1, 0.15) is 46.2 Å². The average Bonchev–Trinajstić information content (AvgIpc) is 3.04. The topological polar surface area (TPSA) is 90.0 Å². The Labute approximate surface area is 133 Å². The van der Waals surface area contributed by atoms with Gasteiger partial charge in [0.15, 0.2) is 0 Å². The van der Waals surface area contributed by atoms with Crippen LogP contribution in [0.5, 0.6) is 0 Å². The summed E-state index contributed by atoms with van der Waals surface area (Å²) in [5.41, 5.74) is 3.70. The summed E-state index contributed by atoms with van der Waals surface area (Å²) in [6, 6.07) is 1.71. The fourth-order valence-electron chi connectivity index (χ4n) is 2.54. The van der Waals surface area contributed by atoms with Gasteiger partial charge in [-0.1, -0.05) is 0 Å². The minimum Gasteiger partial charge on any atom is -0.343 e. The lowest BCUT2D eigenvalue weighted by atomic mass is 10.1. The van der Waals surface area contributed by atoms with Crippen LogP contribution in [0.2, 0.25) is 0 Å². The van der Waals surface area contributed by atoms with Crippen LogP contribution in [0.15, 0.2) is 12.3 Å². The summed E-state index contributed by atoms with van der Waals surface area (Å²) in [6.07, 6.45) is 1.76. The van der Waals surface area contributed by atoms with Crippen molar-refractivity contribution < 1.29 is 4.79 Å². The number of rotatable bonds is 3. The standard InChI is InChI=1S/C15H19N7O/c1-8-6-9(2)22-15(17-8)19-13(20-22)14(23)18-10(3)12-7-16-21(5)11(12)4/h6-7,10H,1-5H3,(H,18,23)/t10-/m1/s1. The fourth-order valence-corrected chi connectivity index (χ4v) is 2.54. The Morgan fingerprint density at radius 2 is 2.00 bits per heavy atom. The molecule has 120 valence electrons. The van der Waals surface area contributed by atoms with Crippen LogP contribution in [0, 0.1) is 20.8 Å². The van der Waals surface area contributed by atoms with Crippen molar-refractivity contribution in [3.05, 3.63) is 40.7 Å². The average molecular weight is 313 g/mol. The van der Waals surface area contributed by atoms with Crippen molar-refractivity contribution >= 4 is 11.7 Å². The zero-order valence-corrected chi connectivity index (χ0v) is 13.8. The molecule has 3 heterocycles. The van der Waals surface area contributed by atoms with E-state index in [-0.39, 0.29) is 17.8 Å². The maximum atomic E-state index is 12.4. The number of fused-ring (bicyclic) bond motifs is 1. The van der Waals surface area contributed by atoms with Gasteiger partial charge < -0.3 is 5.32 Å². The Morgan fingerprint density at radius 1 is 1.26 bits per heavy atom. The molecule has 0 saturated carbocycles. The van der Waals surface area contributed by atoms with Gasteiger partial charge >= 0.3 is 0 Å². The van der Waals surface area contributed by atoms with Gasteiger partial charge in [0, 0.05) is 29.7 Å². The van der Waals surface area contributed by atoms with Gasteiger partial charge in [0.05, 0.1) is 12.2 Å². The van der Waals surface area contributed by atoms with E-state index in [0.29, 0.717) is 5.78 Å². The van der Waals surface area contributed by atoms with E-state index in [2.05, 4.69) is 25.5 Å². The van der Waals surface area contributed by atoms with Gasteiger partial charge in [0.2, 0.25) is 5.82 Å². The number of nitrogens with zero attached hydrogens (tertiary/aromatic N) is 6. The number of carbonyl (C=O) groups excluding carboxylic acids is 1. The van der Waals surface area contributed by atoms with Crippen LogP contribution >= 0.6 is 0 Å². The number of carbonyl (C=O) groups is 1. The smallest absolute Gasteiger partial charge is 0.291 e. The molecule has 1 N–H and O–H groups in total. The molecule has 23 heavy (non-hydrogen) atoms. The number of aryl methyl sites for hydroxylation is 3. The first kappa shape index (κ1) is 15.1. The molecule has 0 radical (unpaired) electrons. The minimum atomic E-state index is -0.330. The fraction of sp³-hybridized carbons (Fsp3) is 0.400. The summed E-state index contributed by atoms with van der Waals surface area (Å²) >= 11 is 0. The van der Waals surface area contributed by atoms with Gasteiger partial charge in [-0.2, -0.15) is 10.1 Å². The predicted octanol–water partition coefficient (Wildman–Crippen LogP) is 1.27. The molecular formula is C15H19N7O. The van der Waals surface area contributed by atoms with Crippen LogP contribution in [0.3, 0.4) is 0 Å². The van der Waals surface area contributed by atoms with E-state index in [4.69, 9.17) is 0 Å². The maximum absolute atomic E-state index is 12.4.